The van der Waals surface area contributed by atoms with Gasteiger partial charge in [-0.3, -0.25) is 14.8 Å². The van der Waals surface area contributed by atoms with Crippen molar-refractivity contribution < 1.29 is 37.9 Å². The van der Waals surface area contributed by atoms with Crippen molar-refractivity contribution in [1.29, 1.82) is 0 Å². The van der Waals surface area contributed by atoms with Crippen LogP contribution >= 0.6 is 0 Å². The van der Waals surface area contributed by atoms with Gasteiger partial charge in [0.1, 0.15) is 0 Å². The minimum Gasteiger partial charge on any atom is -0.475 e. The Bertz CT molecular complexity index is 1060. The van der Waals surface area contributed by atoms with Crippen LogP contribution in [-0.4, -0.2) is 64.8 Å². The zero-order valence-electron chi connectivity index (χ0n) is 20.1. The van der Waals surface area contributed by atoms with Crippen molar-refractivity contribution in [2.24, 2.45) is 5.92 Å². The number of hydroxylamine groups is 1. The highest BCUT2D eigenvalue weighted by atomic mass is 19.4. The van der Waals surface area contributed by atoms with Gasteiger partial charge >= 0.3 is 12.1 Å². The quantitative estimate of drug-likeness (QED) is 0.328. The van der Waals surface area contributed by atoms with Gasteiger partial charge in [0.25, 0.3) is 5.91 Å². The van der Waals surface area contributed by atoms with Crippen LogP contribution in [0.25, 0.3) is 0 Å². The van der Waals surface area contributed by atoms with Gasteiger partial charge in [0.05, 0.1) is 6.42 Å². The summed E-state index contributed by atoms with van der Waals surface area (Å²) in [4.78, 5) is 34.8. The third-order valence-corrected chi connectivity index (χ3v) is 6.57. The third kappa shape index (κ3) is 8.57. The Kier molecular flexibility index (Phi) is 9.65. The Balaban J connectivity index is 0.000000479. The molecule has 0 bridgehead atoms. The van der Waals surface area contributed by atoms with E-state index in [1.165, 1.54) is 12.0 Å². The van der Waals surface area contributed by atoms with E-state index in [4.69, 9.17) is 15.1 Å². The number of nitrogens with one attached hydrogen (secondary N) is 2. The summed E-state index contributed by atoms with van der Waals surface area (Å²) in [6.45, 7) is 2.65. The predicted molar refractivity (Wildman–Crippen MR) is 128 cm³/mol. The van der Waals surface area contributed by atoms with E-state index in [-0.39, 0.29) is 5.91 Å². The number of halogens is 3. The largest absolute Gasteiger partial charge is 0.490 e. The fraction of sp³-hybridized carbons (Fsp3) is 0.423. The Morgan fingerprint density at radius 3 is 2.11 bits per heavy atom. The second kappa shape index (κ2) is 12.7. The first-order chi connectivity index (χ1) is 17.6. The average molecular weight is 522 g/mol. The molecular weight excluding hydrogens is 491 g/mol. The zero-order valence-corrected chi connectivity index (χ0v) is 20.1. The van der Waals surface area contributed by atoms with Crippen molar-refractivity contribution in [3.63, 3.8) is 0 Å². The number of hydrogen-bond acceptors (Lipinski definition) is 5. The molecule has 4 N–H and O–H groups in total. The smallest absolute Gasteiger partial charge is 0.475 e. The van der Waals surface area contributed by atoms with Crippen molar-refractivity contribution in [1.82, 2.24) is 15.7 Å². The van der Waals surface area contributed by atoms with Gasteiger partial charge in [-0.2, -0.15) is 13.2 Å². The minimum atomic E-state index is -5.08. The summed E-state index contributed by atoms with van der Waals surface area (Å²) in [5.74, 6) is -1.89. The highest BCUT2D eigenvalue weighted by molar-refractivity contribution is 5.93. The molecule has 37 heavy (non-hydrogen) atoms. The van der Waals surface area contributed by atoms with Crippen LogP contribution in [0.3, 0.4) is 0 Å². The number of rotatable bonds is 7. The standard InChI is InChI=1S/C24H29N3O3.C2HF3O2/c28-23(14-17-6-8-20(9-7-17)24(29)26-30)27-12-10-18(11-13-27)16-25-22-15-21(22)19-4-2-1-3-5-19;3-2(4,5)1(6)7/h1-9,18,21-22,25,30H,10-16H2,(H,26,29);(H,6,7)/t21-,22+;/m1./s1. The number of nitrogens with zero attached hydrogens (tertiary/aromatic N) is 1. The summed E-state index contributed by atoms with van der Waals surface area (Å²) >= 11 is 0. The van der Waals surface area contributed by atoms with Gasteiger partial charge in [0.2, 0.25) is 5.91 Å². The molecule has 2 aromatic carbocycles. The van der Waals surface area contributed by atoms with E-state index in [0.717, 1.165) is 38.0 Å². The van der Waals surface area contributed by atoms with Crippen molar-refractivity contribution in [3.8, 4) is 0 Å². The topological polar surface area (TPSA) is 119 Å². The van der Waals surface area contributed by atoms with Gasteiger partial charge in [-0.1, -0.05) is 42.5 Å². The molecule has 2 fully saturated rings. The van der Waals surface area contributed by atoms with Crippen molar-refractivity contribution in [2.45, 2.75) is 43.8 Å². The maximum atomic E-state index is 12.6. The van der Waals surface area contributed by atoms with Crippen LogP contribution in [0.2, 0.25) is 0 Å². The summed E-state index contributed by atoms with van der Waals surface area (Å²) in [6.07, 6.45) is -1.45. The molecule has 200 valence electrons. The van der Waals surface area contributed by atoms with E-state index < -0.39 is 18.1 Å². The van der Waals surface area contributed by atoms with Crippen LogP contribution in [0, 0.1) is 5.92 Å². The number of aliphatic carboxylic acids is 1. The molecule has 0 spiro atoms. The summed E-state index contributed by atoms with van der Waals surface area (Å²) in [5, 5.41) is 19.5. The normalized spacial score (nSPS) is 19.4. The number of hydrogen-bond donors (Lipinski definition) is 4. The van der Waals surface area contributed by atoms with Crippen molar-refractivity contribution in [3.05, 3.63) is 71.3 Å². The molecule has 1 saturated heterocycles. The van der Waals surface area contributed by atoms with Crippen LogP contribution in [0.5, 0.6) is 0 Å². The van der Waals surface area contributed by atoms with E-state index in [2.05, 4.69) is 35.6 Å². The third-order valence-electron chi connectivity index (χ3n) is 6.57. The molecule has 0 radical (unpaired) electrons. The Hall–Kier alpha value is -3.44. The fourth-order valence-corrected chi connectivity index (χ4v) is 4.32. The number of carboxylic acid groups (broad SMARTS) is 1. The zero-order chi connectivity index (χ0) is 27.0. The lowest BCUT2D eigenvalue weighted by Gasteiger charge is -2.32. The molecule has 1 heterocycles. The number of amides is 2. The molecule has 0 unspecified atom stereocenters. The van der Waals surface area contributed by atoms with Gasteiger partial charge in [-0.15, -0.1) is 0 Å². The SMILES string of the molecule is O=C(NO)c1ccc(CC(=O)N2CCC(CN[C@H]3C[C@@H]3c3ccccc3)CC2)cc1.O=C(O)C(F)(F)F. The van der Waals surface area contributed by atoms with E-state index in [9.17, 15) is 22.8 Å². The Morgan fingerprint density at radius 2 is 1.57 bits per heavy atom. The second-order valence-corrected chi connectivity index (χ2v) is 9.21. The first-order valence-corrected chi connectivity index (χ1v) is 12.0. The van der Waals surface area contributed by atoms with Gasteiger partial charge in [0.15, 0.2) is 0 Å². The number of likely N-dealkylation sites (tertiary alicyclic amines) is 1. The molecule has 8 nitrogen and oxygen atoms in total. The number of carbonyl (C=O) groups is 3. The van der Waals surface area contributed by atoms with Crippen LogP contribution in [0.15, 0.2) is 54.6 Å². The molecule has 1 saturated carbocycles. The summed E-state index contributed by atoms with van der Waals surface area (Å²) in [6, 6.07) is 18.1. The fourth-order valence-electron chi connectivity index (χ4n) is 4.32. The Morgan fingerprint density at radius 1 is 0.973 bits per heavy atom. The van der Waals surface area contributed by atoms with Gasteiger partial charge in [-0.05, 0) is 55.0 Å². The highest BCUT2D eigenvalue weighted by Gasteiger charge is 2.39. The van der Waals surface area contributed by atoms with Crippen LogP contribution in [0.1, 0.15) is 46.7 Å². The first-order valence-electron chi connectivity index (χ1n) is 12.0. The summed E-state index contributed by atoms with van der Waals surface area (Å²) < 4.78 is 31.7. The van der Waals surface area contributed by atoms with Crippen molar-refractivity contribution in [2.75, 3.05) is 19.6 Å². The lowest BCUT2D eigenvalue weighted by atomic mass is 9.96. The number of benzene rings is 2. The van der Waals surface area contributed by atoms with E-state index in [1.54, 1.807) is 29.7 Å². The summed E-state index contributed by atoms with van der Waals surface area (Å²) in [7, 11) is 0. The lowest BCUT2D eigenvalue weighted by Crippen LogP contribution is -2.41. The monoisotopic (exact) mass is 521 g/mol. The lowest BCUT2D eigenvalue weighted by molar-refractivity contribution is -0.192. The van der Waals surface area contributed by atoms with E-state index in [1.807, 2.05) is 4.90 Å². The maximum absolute atomic E-state index is 12.6. The Labute approximate surface area is 212 Å². The van der Waals surface area contributed by atoms with Crippen molar-refractivity contribution >= 4 is 17.8 Å². The predicted octanol–water partition coefficient (Wildman–Crippen LogP) is 3.37. The van der Waals surface area contributed by atoms with Gasteiger partial charge in [-0.25, -0.2) is 10.3 Å². The number of carbonyl (C=O) groups excluding carboxylic acids is 2. The summed E-state index contributed by atoms with van der Waals surface area (Å²) in [5.41, 5.74) is 4.28. The molecule has 1 aliphatic heterocycles. The molecule has 0 aromatic heterocycles. The highest BCUT2D eigenvalue weighted by Crippen LogP contribution is 2.40. The molecule has 4 rings (SSSR count). The van der Waals surface area contributed by atoms with Crippen LogP contribution in [-0.2, 0) is 16.0 Å². The minimum absolute atomic E-state index is 0.132. The molecule has 2 aromatic rings. The van der Waals surface area contributed by atoms with E-state index >= 15 is 0 Å². The first kappa shape index (κ1) is 28.1. The molecule has 2 amide bonds. The average Bonchev–Trinajstić information content (AvgIpc) is 3.68. The number of piperidine rings is 1. The van der Waals surface area contributed by atoms with Gasteiger partial charge in [0, 0.05) is 30.6 Å². The molecule has 2 aliphatic rings. The molecular formula is C26H30F3N3O5. The van der Waals surface area contributed by atoms with Crippen LogP contribution < -0.4 is 10.8 Å². The van der Waals surface area contributed by atoms with Gasteiger partial charge < -0.3 is 15.3 Å². The number of alkyl halides is 3. The molecule has 11 heteroatoms. The van der Waals surface area contributed by atoms with Crippen LogP contribution in [0.4, 0.5) is 13.2 Å². The second-order valence-electron chi connectivity index (χ2n) is 9.21. The maximum Gasteiger partial charge on any atom is 0.490 e. The molecule has 2 atom stereocenters. The molecule has 1 aliphatic carbocycles. The number of carboxylic acids is 1. The van der Waals surface area contributed by atoms with E-state index in [0.29, 0.717) is 29.9 Å².